The lowest BCUT2D eigenvalue weighted by Gasteiger charge is -2.43. The molecule has 2 aliphatic rings. The highest BCUT2D eigenvalue weighted by atomic mass is 32.2. The van der Waals surface area contributed by atoms with Crippen molar-refractivity contribution in [3.8, 4) is 0 Å². The van der Waals surface area contributed by atoms with E-state index < -0.39 is 0 Å². The van der Waals surface area contributed by atoms with Gasteiger partial charge in [0.05, 0.1) is 9.16 Å². The van der Waals surface area contributed by atoms with Crippen molar-refractivity contribution >= 4 is 47.0 Å². The van der Waals surface area contributed by atoms with Gasteiger partial charge < -0.3 is 9.47 Å². The Bertz CT molecular complexity index is 220. The van der Waals surface area contributed by atoms with E-state index in [0.29, 0.717) is 5.41 Å². The van der Waals surface area contributed by atoms with Crippen LogP contribution in [0.2, 0.25) is 0 Å². The van der Waals surface area contributed by atoms with E-state index in [0.717, 1.165) is 22.4 Å². The minimum Gasteiger partial charge on any atom is -0.385 e. The lowest BCUT2D eigenvalue weighted by molar-refractivity contribution is 0.198. The van der Waals surface area contributed by atoms with E-state index in [1.165, 1.54) is 35.9 Å². The zero-order chi connectivity index (χ0) is 13.6. The van der Waals surface area contributed by atoms with Crippen molar-refractivity contribution < 1.29 is 9.47 Å². The number of hydrogen-bond acceptors (Lipinski definition) is 6. The molecule has 0 aromatic rings. The summed E-state index contributed by atoms with van der Waals surface area (Å²) in [4.78, 5) is 0. The summed E-state index contributed by atoms with van der Waals surface area (Å²) >= 11 is 8.64. The second-order valence-corrected chi connectivity index (χ2v) is 10.5. The van der Waals surface area contributed by atoms with Gasteiger partial charge in [0.15, 0.2) is 0 Å². The van der Waals surface area contributed by atoms with Gasteiger partial charge in [0.25, 0.3) is 0 Å². The van der Waals surface area contributed by atoms with Crippen LogP contribution in [-0.4, -0.2) is 59.6 Å². The van der Waals surface area contributed by atoms with E-state index in [-0.39, 0.29) is 0 Å². The highest BCUT2D eigenvalue weighted by molar-refractivity contribution is 8.19. The number of rotatable bonds is 6. The zero-order valence-electron chi connectivity index (χ0n) is 11.8. The van der Waals surface area contributed by atoms with Gasteiger partial charge in [-0.2, -0.15) is 0 Å². The molecule has 112 valence electrons. The van der Waals surface area contributed by atoms with Crippen LogP contribution in [-0.2, 0) is 9.47 Å². The normalized spacial score (nSPS) is 35.7. The van der Waals surface area contributed by atoms with Crippen LogP contribution in [0.4, 0.5) is 0 Å². The molecule has 6 heteroatoms. The third-order valence-electron chi connectivity index (χ3n) is 3.42. The summed E-state index contributed by atoms with van der Waals surface area (Å²) in [7, 11) is 3.60. The highest BCUT2D eigenvalue weighted by Crippen LogP contribution is 2.50. The van der Waals surface area contributed by atoms with Crippen LogP contribution in [0.1, 0.15) is 12.8 Å². The Kier molecular flexibility index (Phi) is 7.63. The molecule has 2 heterocycles. The van der Waals surface area contributed by atoms with E-state index >= 15 is 0 Å². The molecule has 2 nitrogen and oxygen atoms in total. The maximum absolute atomic E-state index is 5.19. The lowest BCUT2D eigenvalue weighted by Crippen LogP contribution is -2.40. The van der Waals surface area contributed by atoms with Crippen LogP contribution in [0.25, 0.3) is 0 Å². The molecule has 0 amide bonds. The summed E-state index contributed by atoms with van der Waals surface area (Å²) in [5, 5.41) is 0. The van der Waals surface area contributed by atoms with Gasteiger partial charge in [-0.15, -0.1) is 47.0 Å². The number of methoxy groups -OCH3 is 2. The number of hydrogen-bond donors (Lipinski definition) is 0. The summed E-state index contributed by atoms with van der Waals surface area (Å²) < 4.78 is 11.9. The molecule has 0 aromatic carbocycles. The number of ether oxygens (including phenoxy) is 2. The first kappa shape index (κ1) is 16.7. The Morgan fingerprint density at radius 1 is 0.789 bits per heavy atom. The molecule has 0 unspecified atom stereocenters. The van der Waals surface area contributed by atoms with Gasteiger partial charge in [-0.05, 0) is 12.8 Å². The smallest absolute Gasteiger partial charge is 0.0524 e. The van der Waals surface area contributed by atoms with Crippen LogP contribution in [0, 0.1) is 5.41 Å². The maximum atomic E-state index is 5.19. The van der Waals surface area contributed by atoms with Gasteiger partial charge in [0.1, 0.15) is 0 Å². The highest BCUT2D eigenvalue weighted by Gasteiger charge is 2.40. The van der Waals surface area contributed by atoms with Crippen molar-refractivity contribution in [2.24, 2.45) is 5.41 Å². The Balaban J connectivity index is 1.69. The first-order valence-corrected chi connectivity index (χ1v) is 10.9. The van der Waals surface area contributed by atoms with Crippen LogP contribution >= 0.6 is 47.0 Å². The van der Waals surface area contributed by atoms with E-state index in [9.17, 15) is 0 Å². The fourth-order valence-corrected chi connectivity index (χ4v) is 8.98. The van der Waals surface area contributed by atoms with Crippen molar-refractivity contribution in [3.63, 3.8) is 0 Å². The molecule has 0 aromatic heterocycles. The maximum Gasteiger partial charge on any atom is 0.0524 e. The third kappa shape index (κ3) is 5.22. The summed E-state index contributed by atoms with van der Waals surface area (Å²) in [5.74, 6) is 5.35. The molecule has 2 saturated heterocycles. The fourth-order valence-electron chi connectivity index (χ4n) is 2.19. The average molecular weight is 341 g/mol. The van der Waals surface area contributed by atoms with E-state index in [1.54, 1.807) is 14.2 Å². The fraction of sp³-hybridized carbons (Fsp3) is 1.00. The molecule has 0 saturated carbocycles. The molecule has 0 atom stereocenters. The average Bonchev–Trinajstić information content (AvgIpc) is 2.46. The first-order valence-electron chi connectivity index (χ1n) is 6.72. The molecule has 2 rings (SSSR count). The molecular weight excluding hydrogens is 316 g/mol. The monoisotopic (exact) mass is 340 g/mol. The third-order valence-corrected chi connectivity index (χ3v) is 10.6. The van der Waals surface area contributed by atoms with Gasteiger partial charge in [-0.25, -0.2) is 0 Å². The van der Waals surface area contributed by atoms with E-state index in [4.69, 9.17) is 9.47 Å². The predicted molar refractivity (Wildman–Crippen MR) is 92.8 cm³/mol. The SMILES string of the molecule is COCCC1SCC2(CS1)CSC(CCOC)SC2. The van der Waals surface area contributed by atoms with Crippen molar-refractivity contribution in [1.29, 1.82) is 0 Å². The number of thioether (sulfide) groups is 4. The van der Waals surface area contributed by atoms with Gasteiger partial charge in [-0.3, -0.25) is 0 Å². The van der Waals surface area contributed by atoms with E-state index in [1.807, 2.05) is 0 Å². The second-order valence-electron chi connectivity index (χ2n) is 5.17. The van der Waals surface area contributed by atoms with Crippen LogP contribution in [0.3, 0.4) is 0 Å². The standard InChI is InChI=1S/C13H24O2S4/c1-14-5-3-11-16-7-13(8-17-11)9-18-12(19-10-13)4-6-15-2/h11-12H,3-10H2,1-2H3. The molecule has 0 aliphatic carbocycles. The van der Waals surface area contributed by atoms with E-state index in [2.05, 4.69) is 47.0 Å². The quantitative estimate of drug-likeness (QED) is 0.729. The molecule has 0 bridgehead atoms. The molecular formula is C13H24O2S4. The zero-order valence-corrected chi connectivity index (χ0v) is 15.0. The van der Waals surface area contributed by atoms with Crippen molar-refractivity contribution in [2.75, 3.05) is 50.4 Å². The summed E-state index contributed by atoms with van der Waals surface area (Å²) in [5.41, 5.74) is 0.581. The summed E-state index contributed by atoms with van der Waals surface area (Å²) in [6.45, 7) is 1.81. The van der Waals surface area contributed by atoms with Gasteiger partial charge in [0.2, 0.25) is 0 Å². The van der Waals surface area contributed by atoms with Crippen LogP contribution in [0.5, 0.6) is 0 Å². The Morgan fingerprint density at radius 3 is 1.47 bits per heavy atom. The lowest BCUT2D eigenvalue weighted by atomic mass is 9.99. The molecule has 0 radical (unpaired) electrons. The Labute approximate surface area is 134 Å². The topological polar surface area (TPSA) is 18.5 Å². The van der Waals surface area contributed by atoms with Gasteiger partial charge in [0, 0.05) is 55.9 Å². The molecule has 19 heavy (non-hydrogen) atoms. The Hall–Kier alpha value is 1.32. The van der Waals surface area contributed by atoms with Gasteiger partial charge >= 0.3 is 0 Å². The van der Waals surface area contributed by atoms with Crippen LogP contribution < -0.4 is 0 Å². The van der Waals surface area contributed by atoms with Crippen molar-refractivity contribution in [1.82, 2.24) is 0 Å². The molecule has 2 aliphatic heterocycles. The molecule has 2 fully saturated rings. The molecule has 0 N–H and O–H groups in total. The predicted octanol–water partition coefficient (Wildman–Crippen LogP) is 3.66. The minimum atomic E-state index is 0.581. The minimum absolute atomic E-state index is 0.581. The largest absolute Gasteiger partial charge is 0.385 e. The second kappa shape index (κ2) is 8.69. The molecule has 1 spiro atoms. The summed E-state index contributed by atoms with van der Waals surface area (Å²) in [6.07, 6.45) is 2.39. The summed E-state index contributed by atoms with van der Waals surface area (Å²) in [6, 6.07) is 0. The van der Waals surface area contributed by atoms with Crippen molar-refractivity contribution in [3.05, 3.63) is 0 Å². The van der Waals surface area contributed by atoms with Crippen molar-refractivity contribution in [2.45, 2.75) is 22.0 Å². The first-order chi connectivity index (χ1) is 9.28. The Morgan fingerprint density at radius 2 is 1.16 bits per heavy atom. The van der Waals surface area contributed by atoms with Crippen LogP contribution in [0.15, 0.2) is 0 Å². The van der Waals surface area contributed by atoms with Gasteiger partial charge in [-0.1, -0.05) is 0 Å².